The molecule has 3 heterocycles. The number of nitrogens with zero attached hydrogens (tertiary/aromatic N) is 4. The summed E-state index contributed by atoms with van der Waals surface area (Å²) in [6, 6.07) is 14.3. The molecule has 5 rings (SSSR count). The molecule has 35 heavy (non-hydrogen) atoms. The molecule has 0 fully saturated rings. The third-order valence-electron chi connectivity index (χ3n) is 6.56. The molecule has 2 aromatic carbocycles. The predicted octanol–water partition coefficient (Wildman–Crippen LogP) is 3.92. The van der Waals surface area contributed by atoms with Gasteiger partial charge in [-0.05, 0) is 53.9 Å². The number of carbonyl (C=O) groups is 1. The van der Waals surface area contributed by atoms with E-state index in [-0.39, 0.29) is 12.2 Å². The maximum absolute atomic E-state index is 13.6. The summed E-state index contributed by atoms with van der Waals surface area (Å²) in [4.78, 5) is 19.6. The quantitative estimate of drug-likeness (QED) is 0.388. The third-order valence-corrected chi connectivity index (χ3v) is 6.56. The van der Waals surface area contributed by atoms with Crippen molar-refractivity contribution in [3.8, 4) is 0 Å². The largest absolute Gasteiger partial charge is 0.481 e. The topological polar surface area (TPSA) is 108 Å². The second-order valence-electron chi connectivity index (χ2n) is 8.86. The molecule has 0 saturated carbocycles. The summed E-state index contributed by atoms with van der Waals surface area (Å²) >= 11 is 0. The number of fused-ring (bicyclic) bond motifs is 2. The maximum Gasteiger partial charge on any atom is 0.305 e. The van der Waals surface area contributed by atoms with Crippen LogP contribution in [0.5, 0.6) is 0 Å². The average Bonchev–Trinajstić information content (AvgIpc) is 3.27. The molecule has 8 nitrogen and oxygen atoms in total. The summed E-state index contributed by atoms with van der Waals surface area (Å²) < 4.78 is 15.7. The van der Waals surface area contributed by atoms with Crippen LogP contribution >= 0.6 is 0 Å². The Balaban J connectivity index is 1.61. The molecule has 2 aromatic heterocycles. The summed E-state index contributed by atoms with van der Waals surface area (Å²) in [7, 11) is 1.98. The molecule has 0 saturated heterocycles. The normalized spacial score (nSPS) is 16.1. The van der Waals surface area contributed by atoms with Gasteiger partial charge < -0.3 is 30.3 Å². The lowest BCUT2D eigenvalue weighted by molar-refractivity contribution is -0.137. The lowest BCUT2D eigenvalue weighted by Crippen LogP contribution is -2.45. The summed E-state index contributed by atoms with van der Waals surface area (Å²) in [5, 5.41) is 22.3. The number of hydrogen-bond acceptors (Lipinski definition) is 6. The highest BCUT2D eigenvalue weighted by Gasteiger charge is 2.41. The average molecular weight is 476 g/mol. The number of rotatable bonds is 6. The van der Waals surface area contributed by atoms with Crippen molar-refractivity contribution in [2.45, 2.75) is 32.3 Å². The van der Waals surface area contributed by atoms with Crippen molar-refractivity contribution in [3.63, 3.8) is 0 Å². The van der Waals surface area contributed by atoms with Crippen LogP contribution < -0.4 is 15.5 Å². The van der Waals surface area contributed by atoms with E-state index in [1.54, 1.807) is 21.9 Å². The molecule has 0 amide bonds. The van der Waals surface area contributed by atoms with Crippen LogP contribution in [0, 0.1) is 12.7 Å². The van der Waals surface area contributed by atoms with Gasteiger partial charge in [0.15, 0.2) is 5.82 Å². The molecule has 1 aliphatic heterocycles. The maximum atomic E-state index is 13.6. The molecule has 4 aromatic rings. The van der Waals surface area contributed by atoms with Crippen molar-refractivity contribution in [3.05, 3.63) is 83.3 Å². The zero-order valence-corrected chi connectivity index (χ0v) is 19.4. The van der Waals surface area contributed by atoms with Crippen LogP contribution in [0.4, 0.5) is 21.7 Å². The first-order valence-electron chi connectivity index (χ1n) is 11.2. The van der Waals surface area contributed by atoms with Gasteiger partial charge in [0.25, 0.3) is 0 Å². The molecular formula is C26H26FN5O3. The van der Waals surface area contributed by atoms with Crippen LogP contribution in [0.2, 0.25) is 0 Å². The standard InChI is InChI=1S/C26H26FN5O3/c1-15-4-3-5-19-24(15)17(13-30(19)2)14-31-20-10-11-22(28)29-25(20)32(26(31)35)21(12-23(33)34)16-6-8-18(27)9-7-16/h3-11,13,21,26,35H,12,14H2,1-2H3,(H2,28,29)(H,33,34). The summed E-state index contributed by atoms with van der Waals surface area (Å²) in [6.07, 6.45) is 0.499. The van der Waals surface area contributed by atoms with Crippen LogP contribution in [-0.4, -0.2) is 32.1 Å². The fourth-order valence-electron chi connectivity index (χ4n) is 4.99. The van der Waals surface area contributed by atoms with Gasteiger partial charge in [0.05, 0.1) is 18.2 Å². The van der Waals surface area contributed by atoms with E-state index in [1.807, 2.05) is 42.9 Å². The van der Waals surface area contributed by atoms with Gasteiger partial charge in [-0.2, -0.15) is 0 Å². The summed E-state index contributed by atoms with van der Waals surface area (Å²) in [5.41, 5.74) is 10.4. The Bertz CT molecular complexity index is 1420. The number of carboxylic acids is 1. The third kappa shape index (κ3) is 3.93. The van der Waals surface area contributed by atoms with Crippen molar-refractivity contribution in [2.75, 3.05) is 15.5 Å². The van der Waals surface area contributed by atoms with E-state index in [9.17, 15) is 19.4 Å². The number of hydrogen-bond donors (Lipinski definition) is 3. The van der Waals surface area contributed by atoms with Crippen molar-refractivity contribution in [1.29, 1.82) is 0 Å². The van der Waals surface area contributed by atoms with Gasteiger partial charge >= 0.3 is 5.97 Å². The van der Waals surface area contributed by atoms with E-state index in [1.165, 1.54) is 24.3 Å². The van der Waals surface area contributed by atoms with Gasteiger partial charge in [-0.1, -0.05) is 24.3 Å². The van der Waals surface area contributed by atoms with Gasteiger partial charge in [-0.25, -0.2) is 9.37 Å². The number of carboxylic acid groups (broad SMARTS) is 1. The van der Waals surface area contributed by atoms with Gasteiger partial charge in [0.2, 0.25) is 6.35 Å². The van der Waals surface area contributed by atoms with Crippen LogP contribution in [0.25, 0.3) is 10.9 Å². The number of aromatic nitrogens is 2. The Morgan fingerprint density at radius 1 is 1.17 bits per heavy atom. The summed E-state index contributed by atoms with van der Waals surface area (Å²) in [5.74, 6) is -0.859. The monoisotopic (exact) mass is 475 g/mol. The Kier molecular flexibility index (Phi) is 5.56. The molecule has 9 heteroatoms. The van der Waals surface area contributed by atoms with E-state index >= 15 is 0 Å². The number of aryl methyl sites for hydroxylation is 2. The van der Waals surface area contributed by atoms with Crippen LogP contribution in [0.15, 0.2) is 60.8 Å². The lowest BCUT2D eigenvalue weighted by Gasteiger charge is -2.34. The minimum atomic E-state index is -1.21. The highest BCUT2D eigenvalue weighted by Crippen LogP contribution is 2.45. The lowest BCUT2D eigenvalue weighted by atomic mass is 10.0. The minimum Gasteiger partial charge on any atom is -0.481 e. The molecule has 0 aliphatic carbocycles. The Morgan fingerprint density at radius 3 is 2.63 bits per heavy atom. The zero-order valence-electron chi connectivity index (χ0n) is 19.4. The number of halogens is 1. The number of pyridine rings is 1. The summed E-state index contributed by atoms with van der Waals surface area (Å²) in [6.45, 7) is 2.41. The van der Waals surface area contributed by atoms with E-state index in [0.29, 0.717) is 23.6 Å². The molecule has 2 atom stereocenters. The minimum absolute atomic E-state index is 0.247. The van der Waals surface area contributed by atoms with Crippen LogP contribution in [-0.2, 0) is 18.4 Å². The Morgan fingerprint density at radius 2 is 1.91 bits per heavy atom. The molecule has 4 N–H and O–H groups in total. The highest BCUT2D eigenvalue weighted by atomic mass is 19.1. The number of anilines is 3. The number of aliphatic hydroxyl groups is 1. The smallest absolute Gasteiger partial charge is 0.305 e. The number of nitrogens with two attached hydrogens (primary N) is 1. The van der Waals surface area contributed by atoms with E-state index in [4.69, 9.17) is 5.73 Å². The van der Waals surface area contributed by atoms with Crippen molar-refractivity contribution in [2.24, 2.45) is 7.05 Å². The fourth-order valence-corrected chi connectivity index (χ4v) is 4.99. The van der Waals surface area contributed by atoms with Crippen LogP contribution in [0.3, 0.4) is 0 Å². The predicted molar refractivity (Wildman–Crippen MR) is 132 cm³/mol. The van der Waals surface area contributed by atoms with E-state index < -0.39 is 24.2 Å². The SMILES string of the molecule is Cc1cccc2c1c(CN1c3ccc(N)nc3N(C(CC(=O)O)c3ccc(F)cc3)C1O)cn2C. The van der Waals surface area contributed by atoms with Gasteiger partial charge in [-0.15, -0.1) is 0 Å². The molecule has 0 bridgehead atoms. The number of benzene rings is 2. The van der Waals surface area contributed by atoms with E-state index in [2.05, 4.69) is 4.98 Å². The molecule has 0 spiro atoms. The number of nitrogen functional groups attached to an aromatic ring is 1. The molecule has 2 unspecified atom stereocenters. The second kappa shape index (κ2) is 8.59. The van der Waals surface area contributed by atoms with Crippen LogP contribution in [0.1, 0.15) is 29.2 Å². The Hall–Kier alpha value is -4.11. The van der Waals surface area contributed by atoms with Crippen molar-refractivity contribution in [1.82, 2.24) is 9.55 Å². The second-order valence-corrected chi connectivity index (χ2v) is 8.86. The molecular weight excluding hydrogens is 449 g/mol. The Labute approximate surface area is 201 Å². The van der Waals surface area contributed by atoms with Gasteiger partial charge in [-0.3, -0.25) is 4.79 Å². The first-order chi connectivity index (χ1) is 16.7. The molecule has 180 valence electrons. The highest BCUT2D eigenvalue weighted by molar-refractivity contribution is 5.88. The van der Waals surface area contributed by atoms with Gasteiger partial charge in [0, 0.05) is 30.7 Å². The van der Waals surface area contributed by atoms with Crippen molar-refractivity contribution >= 4 is 34.2 Å². The molecule has 1 aliphatic rings. The first kappa shape index (κ1) is 22.7. The van der Waals surface area contributed by atoms with E-state index in [0.717, 1.165) is 22.0 Å². The fraction of sp³-hybridized carbons (Fsp3) is 0.231. The first-order valence-corrected chi connectivity index (χ1v) is 11.2. The molecule has 0 radical (unpaired) electrons. The van der Waals surface area contributed by atoms with Gasteiger partial charge in [0.1, 0.15) is 11.6 Å². The zero-order chi connectivity index (χ0) is 24.9. The number of aliphatic carboxylic acids is 1. The van der Waals surface area contributed by atoms with Crippen molar-refractivity contribution < 1.29 is 19.4 Å². The number of aliphatic hydroxyl groups excluding tert-OH is 1.